The van der Waals surface area contributed by atoms with Gasteiger partial charge in [-0.3, -0.25) is 9.59 Å². The molecule has 1 aliphatic carbocycles. The fourth-order valence-electron chi connectivity index (χ4n) is 3.73. The van der Waals surface area contributed by atoms with Crippen LogP contribution < -0.4 is 0 Å². The highest BCUT2D eigenvalue weighted by molar-refractivity contribution is 6.59. The van der Waals surface area contributed by atoms with E-state index in [0.29, 0.717) is 16.7 Å². The Morgan fingerprint density at radius 3 is 1.90 bits per heavy atom. The number of ketones is 2. The minimum Gasteiger partial charge on any atom is -0.287 e. The zero-order chi connectivity index (χ0) is 20.5. The Morgan fingerprint density at radius 2 is 1.23 bits per heavy atom. The van der Waals surface area contributed by atoms with Gasteiger partial charge in [-0.1, -0.05) is 97.1 Å². The van der Waals surface area contributed by atoms with Gasteiger partial charge in [-0.05, 0) is 5.39 Å². The van der Waals surface area contributed by atoms with E-state index in [0.717, 1.165) is 16.3 Å². The van der Waals surface area contributed by atoms with Gasteiger partial charge in [0.05, 0.1) is 0 Å². The molecule has 0 aromatic heterocycles. The molecule has 30 heavy (non-hydrogen) atoms. The lowest BCUT2D eigenvalue weighted by Gasteiger charge is -2.05. The van der Waals surface area contributed by atoms with E-state index < -0.39 is 0 Å². The van der Waals surface area contributed by atoms with Crippen LogP contribution in [0.1, 0.15) is 31.8 Å². The Morgan fingerprint density at radius 1 is 0.633 bits per heavy atom. The Labute approximate surface area is 173 Å². The van der Waals surface area contributed by atoms with E-state index in [-0.39, 0.29) is 23.0 Å². The van der Waals surface area contributed by atoms with Crippen molar-refractivity contribution in [1.29, 1.82) is 0 Å². The average Bonchev–Trinajstić information content (AvgIpc) is 3.08. The number of hydrogen-bond acceptors (Lipinski definition) is 4. The van der Waals surface area contributed by atoms with Gasteiger partial charge in [-0.25, -0.2) is 0 Å². The van der Waals surface area contributed by atoms with Crippen molar-refractivity contribution in [3.63, 3.8) is 0 Å². The maximum atomic E-state index is 13.2. The molecule has 4 aromatic rings. The molecule has 4 heteroatoms. The zero-order valence-electron chi connectivity index (χ0n) is 15.9. The molecule has 0 saturated carbocycles. The van der Waals surface area contributed by atoms with Crippen molar-refractivity contribution in [3.8, 4) is 0 Å². The topological polar surface area (TPSA) is 58.9 Å². The Hall–Kier alpha value is -4.18. The number of benzene rings is 4. The predicted octanol–water partition coefficient (Wildman–Crippen LogP) is 5.11. The van der Waals surface area contributed by atoms with E-state index >= 15 is 0 Å². The quantitative estimate of drug-likeness (QED) is 0.277. The Bertz CT molecular complexity index is 1350. The molecule has 0 fully saturated rings. The van der Waals surface area contributed by atoms with Crippen LogP contribution in [0.2, 0.25) is 0 Å². The Balaban J connectivity index is 1.66. The first kappa shape index (κ1) is 17.9. The first-order valence-corrected chi connectivity index (χ1v) is 9.61. The van der Waals surface area contributed by atoms with Crippen molar-refractivity contribution >= 4 is 33.8 Å². The van der Waals surface area contributed by atoms with Crippen LogP contribution in [0.15, 0.2) is 107 Å². The predicted molar refractivity (Wildman–Crippen MR) is 119 cm³/mol. The molecule has 0 bridgehead atoms. The minimum atomic E-state index is -0.243. The third-order valence-electron chi connectivity index (χ3n) is 5.17. The van der Waals surface area contributed by atoms with Crippen LogP contribution in [0.5, 0.6) is 0 Å². The van der Waals surface area contributed by atoms with Gasteiger partial charge in [0.25, 0.3) is 0 Å². The van der Waals surface area contributed by atoms with Crippen molar-refractivity contribution in [2.45, 2.75) is 0 Å². The lowest BCUT2D eigenvalue weighted by Crippen LogP contribution is -2.16. The van der Waals surface area contributed by atoms with Crippen LogP contribution in [-0.2, 0) is 0 Å². The molecule has 4 nitrogen and oxygen atoms in total. The first-order valence-electron chi connectivity index (χ1n) is 9.61. The SMILES string of the molecule is O=C(/C(=N\N=C1/C(=O)c2cccc3cccc1c23)c1ccccc1)c1ccccc1. The van der Waals surface area contributed by atoms with Gasteiger partial charge in [0.2, 0.25) is 11.6 Å². The van der Waals surface area contributed by atoms with Crippen LogP contribution >= 0.6 is 0 Å². The summed E-state index contributed by atoms with van der Waals surface area (Å²) >= 11 is 0. The van der Waals surface area contributed by atoms with Gasteiger partial charge < -0.3 is 0 Å². The maximum Gasteiger partial charge on any atom is 0.214 e. The van der Waals surface area contributed by atoms with E-state index in [1.165, 1.54) is 0 Å². The van der Waals surface area contributed by atoms with E-state index in [2.05, 4.69) is 10.2 Å². The largest absolute Gasteiger partial charge is 0.287 e. The molecule has 0 heterocycles. The minimum absolute atomic E-state index is 0.176. The van der Waals surface area contributed by atoms with Crippen molar-refractivity contribution < 1.29 is 9.59 Å². The van der Waals surface area contributed by atoms with Gasteiger partial charge in [-0.15, -0.1) is 10.2 Å². The number of carbonyl (C=O) groups is 2. The van der Waals surface area contributed by atoms with E-state index in [1.54, 1.807) is 30.3 Å². The van der Waals surface area contributed by atoms with Crippen LogP contribution in [0.3, 0.4) is 0 Å². The molecule has 142 valence electrons. The second kappa shape index (κ2) is 7.33. The lowest BCUT2D eigenvalue weighted by atomic mass is 10.0. The van der Waals surface area contributed by atoms with Gasteiger partial charge in [0, 0.05) is 27.6 Å². The standard InChI is InChI=1S/C26H16N2O2/c29-25(19-11-5-2-6-12-19)23(18-9-3-1-4-10-18)27-28-24-20-15-7-13-17-14-8-16-21(22(17)20)26(24)30/h1-16H/b27-23-,28-24-. The van der Waals surface area contributed by atoms with Crippen LogP contribution in [-0.4, -0.2) is 23.0 Å². The molecular weight excluding hydrogens is 372 g/mol. The number of carbonyl (C=O) groups excluding carboxylic acids is 2. The van der Waals surface area contributed by atoms with Crippen LogP contribution in [0.25, 0.3) is 10.8 Å². The molecule has 5 rings (SSSR count). The second-order valence-electron chi connectivity index (χ2n) is 7.00. The summed E-state index contributed by atoms with van der Waals surface area (Å²) in [5.41, 5.74) is 2.99. The molecular formula is C26H16N2O2. The number of Topliss-reactive ketones (excluding diaryl/α,β-unsaturated/α-hetero) is 2. The Kier molecular flexibility index (Phi) is 4.37. The summed E-state index contributed by atoms with van der Waals surface area (Å²) in [6.07, 6.45) is 0. The molecule has 0 spiro atoms. The van der Waals surface area contributed by atoms with Crippen molar-refractivity contribution in [2.24, 2.45) is 10.2 Å². The molecule has 0 atom stereocenters. The molecule has 1 aliphatic rings. The summed E-state index contributed by atoms with van der Waals surface area (Å²) in [5, 5.41) is 10.5. The monoisotopic (exact) mass is 388 g/mol. The van der Waals surface area contributed by atoms with Crippen LogP contribution in [0.4, 0.5) is 0 Å². The highest BCUT2D eigenvalue weighted by Gasteiger charge is 2.29. The molecule has 0 radical (unpaired) electrons. The molecule has 0 N–H and O–H groups in total. The molecule has 0 amide bonds. The molecule has 0 saturated heterocycles. The number of hydrogen-bond donors (Lipinski definition) is 0. The fourth-order valence-corrected chi connectivity index (χ4v) is 3.73. The lowest BCUT2D eigenvalue weighted by molar-refractivity contribution is 0.105. The molecule has 0 unspecified atom stereocenters. The van der Waals surface area contributed by atoms with Gasteiger partial charge in [0.1, 0.15) is 11.4 Å². The highest BCUT2D eigenvalue weighted by Crippen LogP contribution is 2.31. The van der Waals surface area contributed by atoms with Gasteiger partial charge in [0.15, 0.2) is 0 Å². The van der Waals surface area contributed by atoms with E-state index in [1.807, 2.05) is 66.7 Å². The molecule has 4 aromatic carbocycles. The van der Waals surface area contributed by atoms with E-state index in [9.17, 15) is 9.59 Å². The molecule has 0 aliphatic heterocycles. The summed E-state index contributed by atoms with van der Waals surface area (Å²) in [4.78, 5) is 26.1. The van der Waals surface area contributed by atoms with Gasteiger partial charge >= 0.3 is 0 Å². The average molecular weight is 388 g/mol. The second-order valence-corrected chi connectivity index (χ2v) is 7.00. The van der Waals surface area contributed by atoms with Crippen molar-refractivity contribution in [1.82, 2.24) is 0 Å². The third-order valence-corrected chi connectivity index (χ3v) is 5.17. The van der Waals surface area contributed by atoms with Crippen molar-refractivity contribution in [3.05, 3.63) is 119 Å². The van der Waals surface area contributed by atoms with Gasteiger partial charge in [-0.2, -0.15) is 0 Å². The fraction of sp³-hybridized carbons (Fsp3) is 0. The third kappa shape index (κ3) is 2.95. The maximum absolute atomic E-state index is 13.2. The smallest absolute Gasteiger partial charge is 0.214 e. The summed E-state index contributed by atoms with van der Waals surface area (Å²) in [6.45, 7) is 0. The van der Waals surface area contributed by atoms with Crippen molar-refractivity contribution in [2.75, 3.05) is 0 Å². The summed E-state index contributed by atoms with van der Waals surface area (Å²) in [5.74, 6) is -0.419. The summed E-state index contributed by atoms with van der Waals surface area (Å²) < 4.78 is 0. The number of nitrogens with zero attached hydrogens (tertiary/aromatic N) is 2. The zero-order valence-corrected chi connectivity index (χ0v) is 15.9. The van der Waals surface area contributed by atoms with E-state index in [4.69, 9.17) is 0 Å². The summed E-state index contributed by atoms with van der Waals surface area (Å²) in [6, 6.07) is 29.5. The summed E-state index contributed by atoms with van der Waals surface area (Å²) in [7, 11) is 0. The van der Waals surface area contributed by atoms with Crippen LogP contribution in [0, 0.1) is 0 Å². The first-order chi connectivity index (χ1) is 14.7. The normalized spacial score (nSPS) is 14.5. The highest BCUT2D eigenvalue weighted by atomic mass is 16.1. The number of rotatable bonds is 4.